The van der Waals surface area contributed by atoms with Crippen LogP contribution in [0, 0.1) is 26.9 Å². The van der Waals surface area contributed by atoms with Gasteiger partial charge in [-0.25, -0.2) is 0 Å². The Morgan fingerprint density at radius 1 is 1.06 bits per heavy atom. The number of hydrogen-bond acceptors (Lipinski definition) is 5. The molecule has 1 saturated heterocycles. The Balaban J connectivity index is 1.39. The number of carbonyl (C=O) groups excluding carboxylic acids is 1. The number of carbonyl (C=O) groups is 1. The van der Waals surface area contributed by atoms with Gasteiger partial charge in [-0.15, -0.1) is 0 Å². The number of benzene rings is 1. The van der Waals surface area contributed by atoms with Crippen molar-refractivity contribution in [3.63, 3.8) is 0 Å². The molecule has 4 atom stereocenters. The highest BCUT2D eigenvalue weighted by Crippen LogP contribution is 2.66. The number of nitrogens with zero attached hydrogens (tertiary/aromatic N) is 3. The van der Waals surface area contributed by atoms with E-state index in [0.717, 1.165) is 45.4 Å². The minimum Gasteiger partial charge on any atom is -0.363 e. The molecule has 1 aromatic carbocycles. The molecule has 7 heteroatoms. The minimum atomic E-state index is -0.350. The van der Waals surface area contributed by atoms with Gasteiger partial charge in [0.1, 0.15) is 5.69 Å². The molecule has 1 N–H and O–H groups in total. The number of rotatable bonds is 4. The second-order valence-corrected chi connectivity index (χ2v) is 11.6. The third kappa shape index (κ3) is 3.71. The van der Waals surface area contributed by atoms with E-state index in [1.165, 1.54) is 25.3 Å². The van der Waals surface area contributed by atoms with Gasteiger partial charge in [0.2, 0.25) is 0 Å². The molecule has 4 aliphatic carbocycles. The third-order valence-corrected chi connectivity index (χ3v) is 8.28. The van der Waals surface area contributed by atoms with E-state index in [1.807, 2.05) is 0 Å². The number of anilines is 1. The normalized spacial score (nSPS) is 37.1. The summed E-state index contributed by atoms with van der Waals surface area (Å²) in [6.07, 6.45) is 6.89. The van der Waals surface area contributed by atoms with Crippen molar-refractivity contribution in [3.8, 4) is 0 Å². The SMILES string of the molecule is CN1CCN(c2ccc(C(=O)NC34CC5C[C@@](C)(C3)C[C@](C)(C5)C4)cc2[N+](=O)[O-])CC1. The van der Waals surface area contributed by atoms with E-state index in [4.69, 9.17) is 0 Å². The molecule has 7 nitrogen and oxygen atoms in total. The maximum atomic E-state index is 13.3. The zero-order valence-corrected chi connectivity index (χ0v) is 18.9. The molecule has 6 rings (SSSR count). The molecule has 0 radical (unpaired) electrons. The van der Waals surface area contributed by atoms with E-state index in [9.17, 15) is 14.9 Å². The molecule has 0 spiro atoms. The van der Waals surface area contributed by atoms with Crippen LogP contribution in [0.2, 0.25) is 0 Å². The average molecular weight is 427 g/mol. The van der Waals surface area contributed by atoms with Crippen LogP contribution in [0.1, 0.15) is 62.7 Å². The van der Waals surface area contributed by atoms with Gasteiger partial charge in [0.25, 0.3) is 11.6 Å². The smallest absolute Gasteiger partial charge is 0.293 e. The first kappa shape index (κ1) is 20.7. The average Bonchev–Trinajstić information content (AvgIpc) is 2.65. The summed E-state index contributed by atoms with van der Waals surface area (Å²) in [5, 5.41) is 15.2. The summed E-state index contributed by atoms with van der Waals surface area (Å²) in [4.78, 5) is 29.0. The van der Waals surface area contributed by atoms with E-state index in [0.29, 0.717) is 28.0 Å². The molecule has 1 heterocycles. The number of amides is 1. The first-order valence-corrected chi connectivity index (χ1v) is 11.6. The summed E-state index contributed by atoms with van der Waals surface area (Å²) < 4.78 is 0. The number of likely N-dealkylation sites (N-methyl/N-ethyl adjacent to an activating group) is 1. The van der Waals surface area contributed by atoms with Crippen molar-refractivity contribution < 1.29 is 9.72 Å². The standard InChI is InChI=1S/C24H34N4O3/c1-22-11-17-12-23(2,14-22)16-24(13-17,15-22)25-21(29)18-4-5-19(20(10-18)28(30)31)27-8-6-26(3)7-9-27/h4-5,10,17H,6-9,11-16H2,1-3H3,(H,25,29)/t17?,22-,23+,24?. The molecule has 168 valence electrons. The zero-order chi connectivity index (χ0) is 22.0. The molecule has 2 unspecified atom stereocenters. The number of nitrogens with one attached hydrogen (secondary N) is 1. The Bertz CT molecular complexity index is 905. The molecule has 1 amide bonds. The highest BCUT2D eigenvalue weighted by molar-refractivity contribution is 5.96. The summed E-state index contributed by atoms with van der Waals surface area (Å²) in [7, 11) is 2.06. The number of nitro benzene ring substituents is 1. The Morgan fingerprint density at radius 2 is 1.71 bits per heavy atom. The van der Waals surface area contributed by atoms with Crippen LogP contribution >= 0.6 is 0 Å². The van der Waals surface area contributed by atoms with Crippen molar-refractivity contribution in [2.24, 2.45) is 16.7 Å². The summed E-state index contributed by atoms with van der Waals surface area (Å²) in [6, 6.07) is 5.01. The lowest BCUT2D eigenvalue weighted by Crippen LogP contribution is -2.65. The monoisotopic (exact) mass is 426 g/mol. The molecule has 1 aromatic rings. The van der Waals surface area contributed by atoms with Gasteiger partial charge in [-0.3, -0.25) is 14.9 Å². The van der Waals surface area contributed by atoms with Crippen molar-refractivity contribution in [3.05, 3.63) is 33.9 Å². The fourth-order valence-corrected chi connectivity index (χ4v) is 8.03. The molecule has 4 bridgehead atoms. The van der Waals surface area contributed by atoms with Crippen LogP contribution in [-0.2, 0) is 0 Å². The van der Waals surface area contributed by atoms with Crippen LogP contribution < -0.4 is 10.2 Å². The summed E-state index contributed by atoms with van der Waals surface area (Å²) in [6.45, 7) is 8.02. The highest BCUT2D eigenvalue weighted by Gasteiger charge is 2.60. The lowest BCUT2D eigenvalue weighted by atomic mass is 9.43. The molecular formula is C24H34N4O3. The summed E-state index contributed by atoms with van der Waals surface area (Å²) in [5.41, 5.74) is 1.49. The molecule has 5 aliphatic rings. The van der Waals surface area contributed by atoms with Crippen molar-refractivity contribution in [2.75, 3.05) is 38.1 Å². The Kier molecular flexibility index (Phi) is 4.63. The van der Waals surface area contributed by atoms with E-state index < -0.39 is 0 Å². The van der Waals surface area contributed by atoms with Gasteiger partial charge in [0.05, 0.1) is 4.92 Å². The summed E-state index contributed by atoms with van der Waals surface area (Å²) in [5.74, 6) is 0.516. The molecule has 1 aliphatic heterocycles. The van der Waals surface area contributed by atoms with Gasteiger partial charge >= 0.3 is 0 Å². The minimum absolute atomic E-state index is 0.0293. The number of hydrogen-bond donors (Lipinski definition) is 1. The molecule has 4 saturated carbocycles. The topological polar surface area (TPSA) is 78.7 Å². The Labute approximate surface area is 184 Å². The Hall–Kier alpha value is -2.15. The van der Waals surface area contributed by atoms with E-state index >= 15 is 0 Å². The van der Waals surface area contributed by atoms with Gasteiger partial charge in [-0.1, -0.05) is 13.8 Å². The van der Waals surface area contributed by atoms with E-state index in [2.05, 4.69) is 36.0 Å². The van der Waals surface area contributed by atoms with Gasteiger partial charge in [0, 0.05) is 43.3 Å². The van der Waals surface area contributed by atoms with Gasteiger partial charge in [-0.2, -0.15) is 0 Å². The number of piperazine rings is 1. The predicted molar refractivity (Wildman–Crippen MR) is 120 cm³/mol. The molecular weight excluding hydrogens is 392 g/mol. The van der Waals surface area contributed by atoms with Crippen LogP contribution in [-0.4, -0.2) is 54.5 Å². The van der Waals surface area contributed by atoms with Crippen LogP contribution in [0.15, 0.2) is 18.2 Å². The largest absolute Gasteiger partial charge is 0.363 e. The second kappa shape index (κ2) is 6.92. The lowest BCUT2D eigenvalue weighted by Gasteiger charge is -2.65. The maximum absolute atomic E-state index is 13.3. The quantitative estimate of drug-likeness (QED) is 0.585. The van der Waals surface area contributed by atoms with Crippen LogP contribution in [0.5, 0.6) is 0 Å². The van der Waals surface area contributed by atoms with Gasteiger partial charge in [-0.05, 0) is 74.5 Å². The van der Waals surface area contributed by atoms with E-state index in [1.54, 1.807) is 12.1 Å². The zero-order valence-electron chi connectivity index (χ0n) is 18.9. The predicted octanol–water partition coefficient (Wildman–Crippen LogP) is 3.83. The van der Waals surface area contributed by atoms with Crippen molar-refractivity contribution in [2.45, 2.75) is 57.9 Å². The molecule has 0 aromatic heterocycles. The lowest BCUT2D eigenvalue weighted by molar-refractivity contribution is -0.384. The first-order chi connectivity index (χ1) is 14.6. The third-order valence-electron chi connectivity index (χ3n) is 8.28. The van der Waals surface area contributed by atoms with Gasteiger partial charge in [0.15, 0.2) is 0 Å². The molecule has 5 fully saturated rings. The highest BCUT2D eigenvalue weighted by atomic mass is 16.6. The van der Waals surface area contributed by atoms with Crippen LogP contribution in [0.25, 0.3) is 0 Å². The fraction of sp³-hybridized carbons (Fsp3) is 0.708. The van der Waals surface area contributed by atoms with E-state index in [-0.39, 0.29) is 22.1 Å². The van der Waals surface area contributed by atoms with Crippen molar-refractivity contribution >= 4 is 17.3 Å². The molecule has 31 heavy (non-hydrogen) atoms. The first-order valence-electron chi connectivity index (χ1n) is 11.6. The second-order valence-electron chi connectivity index (χ2n) is 11.6. The maximum Gasteiger partial charge on any atom is 0.293 e. The summed E-state index contributed by atoms with van der Waals surface area (Å²) >= 11 is 0. The van der Waals surface area contributed by atoms with Crippen LogP contribution in [0.4, 0.5) is 11.4 Å². The van der Waals surface area contributed by atoms with Crippen molar-refractivity contribution in [1.82, 2.24) is 10.2 Å². The Morgan fingerprint density at radius 3 is 2.29 bits per heavy atom. The van der Waals surface area contributed by atoms with Crippen molar-refractivity contribution in [1.29, 1.82) is 0 Å². The van der Waals surface area contributed by atoms with Gasteiger partial charge < -0.3 is 15.1 Å². The fourth-order valence-electron chi connectivity index (χ4n) is 8.03. The number of nitro groups is 1. The van der Waals surface area contributed by atoms with Crippen LogP contribution in [0.3, 0.4) is 0 Å².